The summed E-state index contributed by atoms with van der Waals surface area (Å²) in [5.74, 6) is 0.813. The average molecular weight is 379 g/mol. The number of amides is 1. The molecule has 0 N–H and O–H groups in total. The van der Waals surface area contributed by atoms with Gasteiger partial charge in [-0.1, -0.05) is 35.3 Å². The number of carbonyl (C=O) groups is 1. The van der Waals surface area contributed by atoms with Crippen molar-refractivity contribution in [2.75, 3.05) is 19.8 Å². The SMILES string of the molecule is C#CCN(Cc1ccc(-c2noc(C(F)(F)F)n2)cc1)C(=O)C1(C)COC1. The van der Waals surface area contributed by atoms with Crippen LogP contribution in [-0.2, 0) is 22.3 Å². The highest BCUT2D eigenvalue weighted by atomic mass is 19.4. The van der Waals surface area contributed by atoms with E-state index in [9.17, 15) is 18.0 Å². The minimum atomic E-state index is -4.69. The molecule has 1 aromatic carbocycles. The predicted molar refractivity (Wildman–Crippen MR) is 87.9 cm³/mol. The van der Waals surface area contributed by atoms with Gasteiger partial charge in [0.05, 0.1) is 25.2 Å². The third-order valence-electron chi connectivity index (χ3n) is 4.18. The van der Waals surface area contributed by atoms with E-state index in [1.54, 1.807) is 29.2 Å². The van der Waals surface area contributed by atoms with Crippen molar-refractivity contribution in [3.63, 3.8) is 0 Å². The molecule has 0 bridgehead atoms. The second-order valence-corrected chi connectivity index (χ2v) is 6.54. The summed E-state index contributed by atoms with van der Waals surface area (Å²) in [4.78, 5) is 17.5. The monoisotopic (exact) mass is 379 g/mol. The lowest BCUT2D eigenvalue weighted by molar-refractivity contribution is -0.168. The maximum atomic E-state index is 12.6. The van der Waals surface area contributed by atoms with Crippen LogP contribution in [-0.4, -0.2) is 40.7 Å². The highest BCUT2D eigenvalue weighted by Crippen LogP contribution is 2.31. The molecule has 3 rings (SSSR count). The Morgan fingerprint density at radius 3 is 2.48 bits per heavy atom. The van der Waals surface area contributed by atoms with Gasteiger partial charge in [0.1, 0.15) is 0 Å². The first kappa shape index (κ1) is 18.9. The maximum absolute atomic E-state index is 12.6. The van der Waals surface area contributed by atoms with Crippen LogP contribution < -0.4 is 0 Å². The molecule has 6 nitrogen and oxygen atoms in total. The molecule has 142 valence electrons. The summed E-state index contributed by atoms with van der Waals surface area (Å²) in [5, 5.41) is 3.34. The van der Waals surface area contributed by atoms with Crippen molar-refractivity contribution in [1.82, 2.24) is 15.0 Å². The van der Waals surface area contributed by atoms with Gasteiger partial charge in [-0.3, -0.25) is 4.79 Å². The zero-order valence-corrected chi connectivity index (χ0v) is 14.4. The second-order valence-electron chi connectivity index (χ2n) is 6.54. The van der Waals surface area contributed by atoms with Gasteiger partial charge in [-0.05, 0) is 12.5 Å². The lowest BCUT2D eigenvalue weighted by Crippen LogP contribution is -2.53. The zero-order valence-electron chi connectivity index (χ0n) is 14.4. The molecule has 1 aromatic heterocycles. The largest absolute Gasteiger partial charge is 0.471 e. The van der Waals surface area contributed by atoms with Crippen LogP contribution >= 0.6 is 0 Å². The van der Waals surface area contributed by atoms with E-state index in [0.29, 0.717) is 18.8 Å². The van der Waals surface area contributed by atoms with Gasteiger partial charge < -0.3 is 14.2 Å². The Morgan fingerprint density at radius 1 is 1.33 bits per heavy atom. The molecule has 27 heavy (non-hydrogen) atoms. The smallest absolute Gasteiger partial charge is 0.379 e. The number of carbonyl (C=O) groups excluding carboxylic acids is 1. The van der Waals surface area contributed by atoms with E-state index < -0.39 is 17.5 Å². The van der Waals surface area contributed by atoms with E-state index >= 15 is 0 Å². The van der Waals surface area contributed by atoms with Crippen molar-refractivity contribution >= 4 is 5.91 Å². The number of ether oxygens (including phenoxy) is 1. The zero-order chi connectivity index (χ0) is 19.7. The van der Waals surface area contributed by atoms with E-state index in [1.165, 1.54) is 0 Å². The molecule has 1 fully saturated rings. The number of benzene rings is 1. The van der Waals surface area contributed by atoms with Gasteiger partial charge in [0, 0.05) is 12.1 Å². The van der Waals surface area contributed by atoms with Crippen LogP contribution in [0.25, 0.3) is 11.4 Å². The van der Waals surface area contributed by atoms with Crippen LogP contribution in [0.5, 0.6) is 0 Å². The summed E-state index contributed by atoms with van der Waals surface area (Å²) in [6.45, 7) is 2.95. The Morgan fingerprint density at radius 2 is 2.00 bits per heavy atom. The number of alkyl halides is 3. The maximum Gasteiger partial charge on any atom is 0.471 e. The number of nitrogens with zero attached hydrogens (tertiary/aromatic N) is 3. The molecule has 0 unspecified atom stereocenters. The van der Waals surface area contributed by atoms with Gasteiger partial charge in [-0.25, -0.2) is 0 Å². The van der Waals surface area contributed by atoms with Crippen molar-refractivity contribution in [3.05, 3.63) is 35.7 Å². The van der Waals surface area contributed by atoms with Crippen molar-refractivity contribution in [3.8, 4) is 23.7 Å². The van der Waals surface area contributed by atoms with Crippen molar-refractivity contribution < 1.29 is 27.2 Å². The van der Waals surface area contributed by atoms with Crippen LogP contribution in [0.15, 0.2) is 28.8 Å². The molecule has 2 aromatic rings. The van der Waals surface area contributed by atoms with Crippen LogP contribution in [0, 0.1) is 17.8 Å². The van der Waals surface area contributed by atoms with Crippen LogP contribution in [0.3, 0.4) is 0 Å². The molecule has 1 amide bonds. The molecule has 1 aliphatic heterocycles. The molecule has 0 spiro atoms. The van der Waals surface area contributed by atoms with Gasteiger partial charge in [0.2, 0.25) is 11.7 Å². The fraction of sp³-hybridized carbons (Fsp3) is 0.389. The summed E-state index contributed by atoms with van der Waals surface area (Å²) in [7, 11) is 0. The lowest BCUT2D eigenvalue weighted by atomic mass is 9.86. The molecule has 0 aliphatic carbocycles. The number of halogens is 3. The van der Waals surface area contributed by atoms with E-state index in [0.717, 1.165) is 5.56 Å². The highest BCUT2D eigenvalue weighted by Gasteiger charge is 2.43. The Hall–Kier alpha value is -2.86. The van der Waals surface area contributed by atoms with E-state index in [-0.39, 0.29) is 24.8 Å². The predicted octanol–water partition coefficient (Wildman–Crippen LogP) is 2.75. The minimum absolute atomic E-state index is 0.0937. The van der Waals surface area contributed by atoms with Gasteiger partial charge in [0.25, 0.3) is 0 Å². The standard InChI is InChI=1S/C18H16F3N3O3/c1-3-8-24(16(25)17(2)10-26-11-17)9-12-4-6-13(7-5-12)14-22-15(27-23-14)18(19,20)21/h1,4-7H,8-11H2,2H3. The molecular weight excluding hydrogens is 363 g/mol. The Labute approximate surface area is 153 Å². The fourth-order valence-electron chi connectivity index (χ4n) is 2.66. The number of aromatic nitrogens is 2. The molecule has 1 aliphatic rings. The Bertz CT molecular complexity index is 864. The molecule has 2 heterocycles. The van der Waals surface area contributed by atoms with Crippen LogP contribution in [0.1, 0.15) is 18.4 Å². The second kappa shape index (κ2) is 7.04. The van der Waals surface area contributed by atoms with Gasteiger partial charge in [0.15, 0.2) is 0 Å². The van der Waals surface area contributed by atoms with Gasteiger partial charge >= 0.3 is 12.1 Å². The summed E-state index contributed by atoms with van der Waals surface area (Å²) < 4.78 is 47.0. The van der Waals surface area contributed by atoms with Crippen molar-refractivity contribution in [2.24, 2.45) is 5.41 Å². The van der Waals surface area contributed by atoms with Crippen LogP contribution in [0.2, 0.25) is 0 Å². The highest BCUT2D eigenvalue weighted by molar-refractivity contribution is 5.83. The number of hydrogen-bond donors (Lipinski definition) is 0. The normalized spacial score (nSPS) is 15.7. The quantitative estimate of drug-likeness (QED) is 0.748. The number of hydrogen-bond acceptors (Lipinski definition) is 5. The number of rotatable bonds is 5. The molecule has 1 saturated heterocycles. The van der Waals surface area contributed by atoms with Gasteiger partial charge in [-0.15, -0.1) is 6.42 Å². The van der Waals surface area contributed by atoms with Crippen molar-refractivity contribution in [2.45, 2.75) is 19.6 Å². The third kappa shape index (κ3) is 3.95. The first-order valence-corrected chi connectivity index (χ1v) is 8.04. The third-order valence-corrected chi connectivity index (χ3v) is 4.18. The molecule has 0 radical (unpaired) electrons. The first-order valence-electron chi connectivity index (χ1n) is 8.04. The lowest BCUT2D eigenvalue weighted by Gasteiger charge is -2.39. The van der Waals surface area contributed by atoms with Gasteiger partial charge in [-0.2, -0.15) is 18.2 Å². The van der Waals surface area contributed by atoms with E-state index in [1.807, 2.05) is 6.92 Å². The Balaban J connectivity index is 1.73. The Kier molecular flexibility index (Phi) is 4.93. The molecule has 9 heteroatoms. The summed E-state index contributed by atoms with van der Waals surface area (Å²) in [5.41, 5.74) is 0.563. The van der Waals surface area contributed by atoms with E-state index in [2.05, 4.69) is 20.6 Å². The number of terminal acetylenes is 1. The average Bonchev–Trinajstić information content (AvgIpc) is 3.10. The fourth-order valence-corrected chi connectivity index (χ4v) is 2.66. The molecular formula is C18H16F3N3O3. The first-order chi connectivity index (χ1) is 12.7. The van der Waals surface area contributed by atoms with Crippen LogP contribution in [0.4, 0.5) is 13.2 Å². The minimum Gasteiger partial charge on any atom is -0.379 e. The summed E-state index contributed by atoms with van der Waals surface area (Å²) >= 11 is 0. The molecule has 0 atom stereocenters. The van der Waals surface area contributed by atoms with Crippen molar-refractivity contribution in [1.29, 1.82) is 0 Å². The van der Waals surface area contributed by atoms with E-state index in [4.69, 9.17) is 11.2 Å². The summed E-state index contributed by atoms with van der Waals surface area (Å²) in [6, 6.07) is 6.48. The molecule has 0 saturated carbocycles. The topological polar surface area (TPSA) is 68.5 Å². The summed E-state index contributed by atoms with van der Waals surface area (Å²) in [6.07, 6.45) is 0.675.